The molecule has 0 aliphatic carbocycles. The number of likely N-dealkylation sites (tertiary alicyclic amines) is 1. The van der Waals surface area contributed by atoms with Crippen LogP contribution in [0.4, 0.5) is 21.9 Å². The minimum atomic E-state index is -1.29. The molecule has 5 aromatic rings. The zero-order chi connectivity index (χ0) is 39.8. The number of urea groups is 1. The number of nitrogens with one attached hydrogen (secondary N) is 6. The van der Waals surface area contributed by atoms with Gasteiger partial charge in [-0.15, -0.1) is 5.10 Å². The number of halogens is 1. The number of H-pyrrole nitrogens is 1. The van der Waals surface area contributed by atoms with Crippen molar-refractivity contribution in [3.05, 3.63) is 89.3 Å². The lowest BCUT2D eigenvalue weighted by molar-refractivity contribution is -0.137. The zero-order valence-electron chi connectivity index (χ0n) is 29.5. The second-order valence-electron chi connectivity index (χ2n) is 12.8. The standard InChI is InChI=1S/C36H36ClN11O8/c37-23-3-8-30(48-19-39-45-46-48)27(18-23)43-33(52)34(53)44-28(32(51)40-25-6-7-26-22(16-25)17-29(42-26)35(54)55)15-20-1-4-24(5-2-20)41-36(56)47-12-9-21(10-13-47)31(50)38-11-14-49/h1-8,16-19,21,28,42,49H,9-15H2,(H,38,50)(H,40,51)(H,41,56)(H,43,52)(H,44,53)(H,54,55)/t28-/m0/s1. The van der Waals surface area contributed by atoms with Crippen molar-refractivity contribution in [1.29, 1.82) is 0 Å². The quantitative estimate of drug-likeness (QED) is 0.0850. The number of anilines is 3. The van der Waals surface area contributed by atoms with E-state index in [-0.39, 0.29) is 53.8 Å². The lowest BCUT2D eigenvalue weighted by Crippen LogP contribution is -2.49. The summed E-state index contributed by atoms with van der Waals surface area (Å²) in [6.45, 7) is 0.780. The molecule has 0 radical (unpaired) electrons. The molecule has 1 saturated heterocycles. The summed E-state index contributed by atoms with van der Waals surface area (Å²) in [6.07, 6.45) is 2.18. The zero-order valence-corrected chi connectivity index (χ0v) is 30.2. The first-order valence-corrected chi connectivity index (χ1v) is 17.7. The van der Waals surface area contributed by atoms with E-state index < -0.39 is 29.7 Å². The van der Waals surface area contributed by atoms with Crippen LogP contribution in [0.5, 0.6) is 0 Å². The third-order valence-corrected chi connectivity index (χ3v) is 9.19. The number of carboxylic acids is 1. The van der Waals surface area contributed by atoms with Crippen molar-refractivity contribution in [3.63, 3.8) is 0 Å². The fourth-order valence-electron chi connectivity index (χ4n) is 6.08. The van der Waals surface area contributed by atoms with E-state index in [2.05, 4.69) is 47.1 Å². The van der Waals surface area contributed by atoms with E-state index in [0.29, 0.717) is 59.5 Å². The maximum atomic E-state index is 13.7. The number of tetrazole rings is 1. The van der Waals surface area contributed by atoms with Gasteiger partial charge in [-0.25, -0.2) is 9.59 Å². The molecular weight excluding hydrogens is 750 g/mol. The first-order valence-electron chi connectivity index (χ1n) is 17.3. The average Bonchev–Trinajstić information content (AvgIpc) is 3.88. The van der Waals surface area contributed by atoms with Gasteiger partial charge in [-0.2, -0.15) is 4.68 Å². The van der Waals surface area contributed by atoms with E-state index in [1.165, 1.54) is 23.1 Å². The van der Waals surface area contributed by atoms with Crippen molar-refractivity contribution in [2.75, 3.05) is 42.2 Å². The van der Waals surface area contributed by atoms with Crippen molar-refractivity contribution >= 4 is 75.2 Å². The molecule has 3 heterocycles. The number of carbonyl (C=O) groups is 6. The number of amides is 6. The Labute approximate surface area is 322 Å². The molecule has 6 amide bonds. The maximum absolute atomic E-state index is 13.7. The lowest BCUT2D eigenvalue weighted by Gasteiger charge is -2.31. The number of aliphatic hydroxyl groups excluding tert-OH is 1. The third-order valence-electron chi connectivity index (χ3n) is 8.96. The maximum Gasteiger partial charge on any atom is 0.352 e. The number of hydrogen-bond donors (Lipinski definition) is 8. The van der Waals surface area contributed by atoms with E-state index in [1.807, 2.05) is 0 Å². The highest BCUT2D eigenvalue weighted by molar-refractivity contribution is 6.40. The number of aromatic nitrogens is 5. The van der Waals surface area contributed by atoms with Crippen LogP contribution in [-0.4, -0.2) is 108 Å². The number of carboxylic acid groups (broad SMARTS) is 1. The molecular formula is C36H36ClN11O8. The molecule has 0 spiro atoms. The Kier molecular flexibility index (Phi) is 12.2. The normalized spacial score (nSPS) is 13.4. The minimum Gasteiger partial charge on any atom is -0.477 e. The molecule has 6 rings (SSSR count). The number of fused-ring (bicyclic) bond motifs is 1. The summed E-state index contributed by atoms with van der Waals surface area (Å²) >= 11 is 6.15. The van der Waals surface area contributed by atoms with E-state index in [1.54, 1.807) is 59.5 Å². The molecule has 8 N–H and O–H groups in total. The van der Waals surface area contributed by atoms with Gasteiger partial charge in [0.2, 0.25) is 11.8 Å². The molecule has 19 nitrogen and oxygen atoms in total. The van der Waals surface area contributed by atoms with Gasteiger partial charge in [0.1, 0.15) is 18.1 Å². The molecule has 20 heteroatoms. The number of aromatic amines is 1. The highest BCUT2D eigenvalue weighted by atomic mass is 35.5. The fourth-order valence-corrected chi connectivity index (χ4v) is 6.25. The van der Waals surface area contributed by atoms with Gasteiger partial charge in [-0.3, -0.25) is 19.2 Å². The van der Waals surface area contributed by atoms with E-state index in [0.717, 1.165) is 0 Å². The van der Waals surface area contributed by atoms with Crippen LogP contribution < -0.4 is 26.6 Å². The van der Waals surface area contributed by atoms with Crippen LogP contribution in [0.25, 0.3) is 16.6 Å². The highest BCUT2D eigenvalue weighted by Crippen LogP contribution is 2.25. The summed E-state index contributed by atoms with van der Waals surface area (Å²) in [5, 5.41) is 43.3. The predicted molar refractivity (Wildman–Crippen MR) is 202 cm³/mol. The Balaban J connectivity index is 1.14. The van der Waals surface area contributed by atoms with Gasteiger partial charge >= 0.3 is 23.8 Å². The van der Waals surface area contributed by atoms with Crippen LogP contribution in [0, 0.1) is 5.92 Å². The van der Waals surface area contributed by atoms with Gasteiger partial charge in [-0.05, 0) is 83.4 Å². The molecule has 3 aromatic carbocycles. The first-order chi connectivity index (χ1) is 27.0. The molecule has 1 aliphatic heterocycles. The number of nitrogens with zero attached hydrogens (tertiary/aromatic N) is 5. The average molecular weight is 786 g/mol. The van der Waals surface area contributed by atoms with Crippen molar-refractivity contribution in [3.8, 4) is 5.69 Å². The van der Waals surface area contributed by atoms with Crippen molar-refractivity contribution in [1.82, 2.24) is 40.7 Å². The smallest absolute Gasteiger partial charge is 0.352 e. The molecule has 290 valence electrons. The van der Waals surface area contributed by atoms with Crippen LogP contribution in [-0.2, 0) is 25.6 Å². The predicted octanol–water partition coefficient (Wildman–Crippen LogP) is 2.15. The van der Waals surface area contributed by atoms with Crippen LogP contribution in [0.2, 0.25) is 5.02 Å². The van der Waals surface area contributed by atoms with Gasteiger partial charge in [0.15, 0.2) is 0 Å². The summed E-state index contributed by atoms with van der Waals surface area (Å²) < 4.78 is 1.26. The number of rotatable bonds is 12. The largest absolute Gasteiger partial charge is 0.477 e. The van der Waals surface area contributed by atoms with Crippen LogP contribution in [0.15, 0.2) is 73.1 Å². The Morgan fingerprint density at radius 2 is 1.64 bits per heavy atom. The Morgan fingerprint density at radius 1 is 0.893 bits per heavy atom. The molecule has 56 heavy (non-hydrogen) atoms. The molecule has 0 unspecified atom stereocenters. The fraction of sp³-hybridized carbons (Fsp3) is 0.250. The molecule has 1 aliphatic rings. The van der Waals surface area contributed by atoms with Crippen molar-refractivity contribution in [2.45, 2.75) is 25.3 Å². The van der Waals surface area contributed by atoms with E-state index in [9.17, 15) is 33.9 Å². The summed E-state index contributed by atoms with van der Waals surface area (Å²) in [4.78, 5) is 81.3. The second-order valence-corrected chi connectivity index (χ2v) is 13.2. The van der Waals surface area contributed by atoms with Gasteiger partial charge in [0, 0.05) is 59.3 Å². The molecule has 1 fully saturated rings. The van der Waals surface area contributed by atoms with Gasteiger partial charge in [0.05, 0.1) is 18.0 Å². The highest BCUT2D eigenvalue weighted by Gasteiger charge is 2.28. The second kappa shape index (κ2) is 17.5. The summed E-state index contributed by atoms with van der Waals surface area (Å²) in [5.41, 5.74) is 2.28. The number of carbonyl (C=O) groups excluding carboxylic acids is 5. The van der Waals surface area contributed by atoms with Gasteiger partial charge < -0.3 is 46.7 Å². The first kappa shape index (κ1) is 38.9. The van der Waals surface area contributed by atoms with Gasteiger partial charge in [0.25, 0.3) is 0 Å². The topological polar surface area (TPSA) is 266 Å². The number of aromatic carboxylic acids is 1. The summed E-state index contributed by atoms with van der Waals surface area (Å²) in [5.74, 6) is -4.47. The minimum absolute atomic E-state index is 0.0360. The summed E-state index contributed by atoms with van der Waals surface area (Å²) in [7, 11) is 0. The van der Waals surface area contributed by atoms with E-state index >= 15 is 0 Å². The van der Waals surface area contributed by atoms with Gasteiger partial charge in [-0.1, -0.05) is 23.7 Å². The Hall–Kier alpha value is -6.86. The molecule has 2 aromatic heterocycles. The SMILES string of the molecule is O=C(Nc1cc(Cl)ccc1-n1cnnn1)C(=O)N[C@@H](Cc1ccc(NC(=O)N2CCC(C(=O)NCCO)CC2)cc1)C(=O)Nc1ccc2[nH]c(C(=O)O)cc2c1. The Bertz CT molecular complexity index is 2250. The van der Waals surface area contributed by atoms with Crippen LogP contribution in [0.3, 0.4) is 0 Å². The number of benzene rings is 3. The lowest BCUT2D eigenvalue weighted by atomic mass is 9.96. The molecule has 0 bridgehead atoms. The third kappa shape index (κ3) is 9.62. The summed E-state index contributed by atoms with van der Waals surface area (Å²) in [6, 6.07) is 15.6. The van der Waals surface area contributed by atoms with Crippen molar-refractivity contribution in [2.24, 2.45) is 5.92 Å². The van der Waals surface area contributed by atoms with Crippen LogP contribution >= 0.6 is 11.6 Å². The molecule has 1 atom stereocenters. The van der Waals surface area contributed by atoms with Crippen molar-refractivity contribution < 1.29 is 39.0 Å². The number of aliphatic hydroxyl groups is 1. The monoisotopic (exact) mass is 785 g/mol. The number of hydrogen-bond acceptors (Lipinski definition) is 10. The van der Waals surface area contributed by atoms with E-state index in [4.69, 9.17) is 16.7 Å². The van der Waals surface area contributed by atoms with Crippen LogP contribution in [0.1, 0.15) is 28.9 Å². The molecule has 0 saturated carbocycles. The number of piperidine rings is 1. The Morgan fingerprint density at radius 3 is 2.34 bits per heavy atom.